The number of likely N-dealkylation sites (tertiary alicyclic amines) is 1. The molecule has 0 bridgehead atoms. The number of aryl methyl sites for hydroxylation is 1. The minimum atomic E-state index is -4.15. The van der Waals surface area contributed by atoms with Crippen LogP contribution >= 0.6 is 0 Å². The normalized spacial score (nSPS) is 14.9. The highest BCUT2D eigenvalue weighted by molar-refractivity contribution is 7.90. The second kappa shape index (κ2) is 8.43. The maximum atomic E-state index is 15.0. The lowest BCUT2D eigenvalue weighted by Crippen LogP contribution is -2.20. The minimum absolute atomic E-state index is 0.0164. The van der Waals surface area contributed by atoms with Gasteiger partial charge in [0.2, 0.25) is 0 Å². The number of hydrogen-bond acceptors (Lipinski definition) is 5. The van der Waals surface area contributed by atoms with E-state index in [0.717, 1.165) is 35.5 Å². The van der Waals surface area contributed by atoms with Gasteiger partial charge in [-0.1, -0.05) is 17.7 Å². The van der Waals surface area contributed by atoms with E-state index in [4.69, 9.17) is 4.74 Å². The maximum absolute atomic E-state index is 15.0. The van der Waals surface area contributed by atoms with Crippen LogP contribution in [0.5, 0.6) is 0 Å². The molecule has 4 rings (SSSR count). The van der Waals surface area contributed by atoms with Crippen LogP contribution in [0.2, 0.25) is 0 Å². The van der Waals surface area contributed by atoms with E-state index in [1.165, 1.54) is 24.3 Å². The predicted octanol–water partition coefficient (Wildman–Crippen LogP) is 4.10. The first-order valence-corrected chi connectivity index (χ1v) is 11.8. The molecule has 0 N–H and O–H groups in total. The van der Waals surface area contributed by atoms with E-state index in [2.05, 4.69) is 4.90 Å². The summed E-state index contributed by atoms with van der Waals surface area (Å²) in [5.41, 5.74) is 1.36. The SMILES string of the molecule is CCOC(=O)c1cc2cc(CN3CCCC3)c(F)cc2n1S(=O)(=O)c1ccc(C)cc1. The molecule has 0 saturated carbocycles. The van der Waals surface area contributed by atoms with Crippen molar-refractivity contribution in [2.45, 2.75) is 38.1 Å². The number of halogens is 1. The lowest BCUT2D eigenvalue weighted by atomic mass is 10.1. The number of nitrogens with zero attached hydrogens (tertiary/aromatic N) is 2. The van der Waals surface area contributed by atoms with Crippen molar-refractivity contribution in [3.8, 4) is 0 Å². The van der Waals surface area contributed by atoms with Gasteiger partial charge in [0.05, 0.1) is 17.0 Å². The van der Waals surface area contributed by atoms with E-state index in [0.29, 0.717) is 17.5 Å². The van der Waals surface area contributed by atoms with Crippen molar-refractivity contribution < 1.29 is 22.3 Å². The highest BCUT2D eigenvalue weighted by Gasteiger charge is 2.28. The Balaban J connectivity index is 1.89. The summed E-state index contributed by atoms with van der Waals surface area (Å²) in [6.45, 7) is 5.87. The molecule has 1 saturated heterocycles. The van der Waals surface area contributed by atoms with Crippen LogP contribution in [0.3, 0.4) is 0 Å². The number of esters is 1. The first-order chi connectivity index (χ1) is 14.8. The summed E-state index contributed by atoms with van der Waals surface area (Å²) < 4.78 is 47.9. The molecule has 1 aromatic heterocycles. The average Bonchev–Trinajstić information content (AvgIpc) is 3.36. The Bertz CT molecular complexity index is 1230. The Kier molecular flexibility index (Phi) is 5.85. The zero-order chi connectivity index (χ0) is 22.2. The first-order valence-electron chi connectivity index (χ1n) is 10.4. The van der Waals surface area contributed by atoms with E-state index < -0.39 is 21.8 Å². The molecule has 164 valence electrons. The Hall–Kier alpha value is -2.71. The molecule has 0 amide bonds. The van der Waals surface area contributed by atoms with Crippen molar-refractivity contribution in [3.05, 3.63) is 65.1 Å². The standard InChI is InChI=1S/C23H25FN2O4S/c1-3-30-23(27)22-13-17-12-18(15-25-10-4-5-11-25)20(24)14-21(17)26(22)31(28,29)19-8-6-16(2)7-9-19/h6-9,12-14H,3-5,10-11,15H2,1-2H3. The third kappa shape index (κ3) is 4.09. The smallest absolute Gasteiger partial charge is 0.356 e. The number of fused-ring (bicyclic) bond motifs is 1. The van der Waals surface area contributed by atoms with Gasteiger partial charge in [-0.2, -0.15) is 0 Å². The number of benzene rings is 2. The van der Waals surface area contributed by atoms with E-state index in [-0.39, 0.29) is 22.7 Å². The quantitative estimate of drug-likeness (QED) is 0.536. The Labute approximate surface area is 181 Å². The van der Waals surface area contributed by atoms with Crippen LogP contribution < -0.4 is 0 Å². The number of aromatic nitrogens is 1. The molecule has 3 aromatic rings. The van der Waals surface area contributed by atoms with Crippen molar-refractivity contribution in [1.82, 2.24) is 8.87 Å². The molecule has 0 atom stereocenters. The van der Waals surface area contributed by atoms with Crippen molar-refractivity contribution in [2.24, 2.45) is 0 Å². The van der Waals surface area contributed by atoms with Gasteiger partial charge in [-0.05, 0) is 70.1 Å². The lowest BCUT2D eigenvalue weighted by molar-refractivity contribution is 0.0518. The average molecular weight is 445 g/mol. The molecule has 31 heavy (non-hydrogen) atoms. The molecule has 1 fully saturated rings. The molecule has 8 heteroatoms. The summed E-state index contributed by atoms with van der Waals surface area (Å²) in [6, 6.07) is 10.6. The Morgan fingerprint density at radius 3 is 2.42 bits per heavy atom. The van der Waals surface area contributed by atoms with Crippen LogP contribution in [-0.4, -0.2) is 43.0 Å². The fourth-order valence-corrected chi connectivity index (χ4v) is 5.47. The summed E-state index contributed by atoms with van der Waals surface area (Å²) in [7, 11) is -4.15. The highest BCUT2D eigenvalue weighted by atomic mass is 32.2. The van der Waals surface area contributed by atoms with Crippen LogP contribution in [-0.2, 0) is 21.3 Å². The first kappa shape index (κ1) is 21.5. The summed E-state index contributed by atoms with van der Waals surface area (Å²) in [6.07, 6.45) is 2.17. The van der Waals surface area contributed by atoms with Gasteiger partial charge in [0.1, 0.15) is 11.5 Å². The number of rotatable bonds is 6. The van der Waals surface area contributed by atoms with Crippen LogP contribution in [0.1, 0.15) is 41.4 Å². The fraction of sp³-hybridized carbons (Fsp3) is 0.348. The number of carbonyl (C=O) groups excluding carboxylic acids is 1. The molecule has 1 aliphatic rings. The maximum Gasteiger partial charge on any atom is 0.356 e. The van der Waals surface area contributed by atoms with Gasteiger partial charge in [-0.25, -0.2) is 21.6 Å². The number of carbonyl (C=O) groups is 1. The molecular weight excluding hydrogens is 419 g/mol. The second-order valence-electron chi connectivity index (χ2n) is 7.82. The van der Waals surface area contributed by atoms with E-state index in [9.17, 15) is 13.2 Å². The third-order valence-electron chi connectivity index (χ3n) is 5.56. The van der Waals surface area contributed by atoms with Crippen LogP contribution in [0.4, 0.5) is 4.39 Å². The van der Waals surface area contributed by atoms with Gasteiger partial charge in [0.25, 0.3) is 10.0 Å². The summed E-state index contributed by atoms with van der Waals surface area (Å²) >= 11 is 0. The molecule has 1 aliphatic heterocycles. The van der Waals surface area contributed by atoms with E-state index in [1.807, 2.05) is 6.92 Å². The van der Waals surface area contributed by atoms with Gasteiger partial charge in [-0.15, -0.1) is 0 Å². The molecule has 2 aromatic carbocycles. The van der Waals surface area contributed by atoms with Crippen molar-refractivity contribution in [2.75, 3.05) is 19.7 Å². The highest BCUT2D eigenvalue weighted by Crippen LogP contribution is 2.29. The zero-order valence-corrected chi connectivity index (χ0v) is 18.4. The predicted molar refractivity (Wildman–Crippen MR) is 116 cm³/mol. The third-order valence-corrected chi connectivity index (χ3v) is 7.30. The summed E-state index contributed by atoms with van der Waals surface area (Å²) in [4.78, 5) is 14.8. The molecule has 0 spiro atoms. The Morgan fingerprint density at radius 1 is 1.10 bits per heavy atom. The lowest BCUT2D eigenvalue weighted by Gasteiger charge is -2.16. The van der Waals surface area contributed by atoms with E-state index in [1.54, 1.807) is 25.1 Å². The van der Waals surface area contributed by atoms with Crippen molar-refractivity contribution in [3.63, 3.8) is 0 Å². The molecule has 0 radical (unpaired) electrons. The minimum Gasteiger partial charge on any atom is -0.461 e. The Morgan fingerprint density at radius 2 is 1.77 bits per heavy atom. The van der Waals surface area contributed by atoms with Crippen LogP contribution in [0, 0.1) is 12.7 Å². The molecule has 2 heterocycles. The largest absolute Gasteiger partial charge is 0.461 e. The number of hydrogen-bond donors (Lipinski definition) is 0. The van der Waals surface area contributed by atoms with Crippen molar-refractivity contribution in [1.29, 1.82) is 0 Å². The molecule has 0 aliphatic carbocycles. The second-order valence-corrected chi connectivity index (χ2v) is 9.60. The summed E-state index contributed by atoms with van der Waals surface area (Å²) in [5.74, 6) is -1.26. The molecular formula is C23H25FN2O4S. The fourth-order valence-electron chi connectivity index (χ4n) is 3.98. The number of ether oxygens (including phenoxy) is 1. The molecule has 6 nitrogen and oxygen atoms in total. The molecule has 0 unspecified atom stereocenters. The zero-order valence-electron chi connectivity index (χ0n) is 17.6. The van der Waals surface area contributed by atoms with Crippen LogP contribution in [0.15, 0.2) is 47.4 Å². The topological polar surface area (TPSA) is 68.6 Å². The van der Waals surface area contributed by atoms with Gasteiger partial charge in [0, 0.05) is 17.5 Å². The van der Waals surface area contributed by atoms with Gasteiger partial charge in [-0.3, -0.25) is 4.90 Å². The monoisotopic (exact) mass is 444 g/mol. The van der Waals surface area contributed by atoms with Crippen molar-refractivity contribution >= 4 is 26.9 Å². The van der Waals surface area contributed by atoms with Gasteiger partial charge in [0.15, 0.2) is 0 Å². The summed E-state index contributed by atoms with van der Waals surface area (Å²) in [5, 5.41) is 0.481. The van der Waals surface area contributed by atoms with E-state index >= 15 is 4.39 Å². The van der Waals surface area contributed by atoms with Crippen LogP contribution in [0.25, 0.3) is 10.9 Å². The van der Waals surface area contributed by atoms with Gasteiger partial charge < -0.3 is 4.74 Å². The van der Waals surface area contributed by atoms with Gasteiger partial charge >= 0.3 is 5.97 Å².